The van der Waals surface area contributed by atoms with E-state index in [0.717, 1.165) is 25.7 Å². The predicted molar refractivity (Wildman–Crippen MR) is 92.9 cm³/mol. The average molecular weight is 333 g/mol. The lowest BCUT2D eigenvalue weighted by Gasteiger charge is -2.22. The molecule has 0 fully saturated rings. The maximum absolute atomic E-state index is 12.8. The first kappa shape index (κ1) is 15.3. The van der Waals surface area contributed by atoms with Gasteiger partial charge in [-0.25, -0.2) is 0 Å². The predicted octanol–water partition coefficient (Wildman–Crippen LogP) is 4.59. The second kappa shape index (κ2) is 6.24. The molecule has 2 heterocycles. The van der Waals surface area contributed by atoms with Crippen LogP contribution in [0.2, 0.25) is 4.34 Å². The van der Waals surface area contributed by atoms with Crippen LogP contribution < -0.4 is 0 Å². The number of benzene rings is 1. The summed E-state index contributed by atoms with van der Waals surface area (Å²) in [5.74, 6) is 0.127. The van der Waals surface area contributed by atoms with Crippen LogP contribution >= 0.6 is 22.9 Å². The van der Waals surface area contributed by atoms with Crippen LogP contribution in [0.4, 0.5) is 0 Å². The highest BCUT2D eigenvalue weighted by Gasteiger charge is 2.22. The lowest BCUT2D eigenvalue weighted by atomic mass is 10.0. The van der Waals surface area contributed by atoms with Crippen LogP contribution in [0.25, 0.3) is 10.9 Å². The van der Waals surface area contributed by atoms with E-state index in [0.29, 0.717) is 6.54 Å². The first-order chi connectivity index (χ1) is 10.6. The molecule has 0 aliphatic carbocycles. The zero-order valence-electron chi connectivity index (χ0n) is 12.5. The Labute approximate surface area is 138 Å². The summed E-state index contributed by atoms with van der Waals surface area (Å²) in [6.07, 6.45) is 1.80. The minimum Gasteiger partial charge on any atom is -0.360 e. The minimum atomic E-state index is -0.194. The van der Waals surface area contributed by atoms with Gasteiger partial charge in [-0.1, -0.05) is 29.8 Å². The van der Waals surface area contributed by atoms with Gasteiger partial charge in [-0.15, -0.1) is 11.3 Å². The molecule has 0 bridgehead atoms. The van der Waals surface area contributed by atoms with Crippen molar-refractivity contribution in [1.82, 2.24) is 9.88 Å². The number of hydrogen-bond donors (Lipinski definition) is 1. The molecule has 1 aromatic carbocycles. The number of carbonyl (C=O) groups excluding carboxylic acids is 1. The number of aromatic nitrogens is 1. The van der Waals surface area contributed by atoms with Crippen molar-refractivity contribution in [3.63, 3.8) is 0 Å². The van der Waals surface area contributed by atoms with E-state index in [9.17, 15) is 4.79 Å². The van der Waals surface area contributed by atoms with Gasteiger partial charge in [0.25, 0.3) is 0 Å². The molecular formula is C17H17ClN2OS. The van der Waals surface area contributed by atoms with Gasteiger partial charge >= 0.3 is 0 Å². The van der Waals surface area contributed by atoms with Crippen molar-refractivity contribution in [3.05, 3.63) is 57.4 Å². The third-order valence-corrected chi connectivity index (χ3v) is 5.15. The van der Waals surface area contributed by atoms with Crippen LogP contribution in [0.5, 0.6) is 0 Å². The highest BCUT2D eigenvalue weighted by Crippen LogP contribution is 2.24. The minimum absolute atomic E-state index is 0.127. The number of aromatic amines is 1. The molecular weight excluding hydrogens is 316 g/mol. The van der Waals surface area contributed by atoms with Crippen LogP contribution in [-0.4, -0.2) is 28.8 Å². The van der Waals surface area contributed by atoms with Crippen molar-refractivity contribution < 1.29 is 4.79 Å². The number of thiophene rings is 1. The summed E-state index contributed by atoms with van der Waals surface area (Å²) in [6, 6.07) is 11.6. The van der Waals surface area contributed by atoms with Gasteiger partial charge in [0.1, 0.15) is 0 Å². The Kier molecular flexibility index (Phi) is 4.34. The molecule has 3 aromatic rings. The summed E-state index contributed by atoms with van der Waals surface area (Å²) < 4.78 is 0.777. The number of Topliss-reactive ketones (excluding diaryl/α,β-unsaturated/α-hetero) is 1. The Morgan fingerprint density at radius 1 is 1.32 bits per heavy atom. The van der Waals surface area contributed by atoms with E-state index in [1.807, 2.05) is 55.3 Å². The van der Waals surface area contributed by atoms with Crippen molar-refractivity contribution in [1.29, 1.82) is 0 Å². The highest BCUT2D eigenvalue weighted by atomic mass is 35.5. The number of para-hydroxylation sites is 1. The maximum atomic E-state index is 12.8. The number of hydrogen-bond acceptors (Lipinski definition) is 3. The third-order valence-electron chi connectivity index (χ3n) is 3.93. The Balaban J connectivity index is 1.79. The second-order valence-electron chi connectivity index (χ2n) is 5.41. The Hall–Kier alpha value is -1.62. The van der Waals surface area contributed by atoms with Gasteiger partial charge in [0.15, 0.2) is 5.78 Å². The van der Waals surface area contributed by atoms with Gasteiger partial charge < -0.3 is 4.98 Å². The Morgan fingerprint density at radius 2 is 2.09 bits per heavy atom. The van der Waals surface area contributed by atoms with Gasteiger partial charge in [0, 0.05) is 34.1 Å². The fourth-order valence-corrected chi connectivity index (χ4v) is 3.67. The molecule has 5 heteroatoms. The molecule has 1 unspecified atom stereocenters. The molecule has 0 spiro atoms. The largest absolute Gasteiger partial charge is 0.360 e. The lowest BCUT2D eigenvalue weighted by Crippen LogP contribution is -2.35. The number of rotatable bonds is 5. The molecule has 3 rings (SSSR count). The van der Waals surface area contributed by atoms with Crippen LogP contribution in [0, 0.1) is 0 Å². The van der Waals surface area contributed by atoms with Crippen molar-refractivity contribution >= 4 is 39.6 Å². The van der Waals surface area contributed by atoms with Gasteiger partial charge in [0.05, 0.1) is 10.4 Å². The molecule has 0 aliphatic rings. The topological polar surface area (TPSA) is 36.1 Å². The van der Waals surface area contributed by atoms with Crippen molar-refractivity contribution in [3.8, 4) is 0 Å². The fraction of sp³-hybridized carbons (Fsp3) is 0.235. The smallest absolute Gasteiger partial charge is 0.181 e. The monoisotopic (exact) mass is 332 g/mol. The summed E-state index contributed by atoms with van der Waals surface area (Å²) in [5.41, 5.74) is 1.74. The molecule has 114 valence electrons. The summed E-state index contributed by atoms with van der Waals surface area (Å²) in [4.78, 5) is 19.1. The molecule has 3 nitrogen and oxygen atoms in total. The van der Waals surface area contributed by atoms with E-state index in [2.05, 4.69) is 4.98 Å². The van der Waals surface area contributed by atoms with Crippen molar-refractivity contribution in [2.24, 2.45) is 0 Å². The molecule has 0 radical (unpaired) electrons. The van der Waals surface area contributed by atoms with Crippen LogP contribution in [0.3, 0.4) is 0 Å². The summed E-state index contributed by atoms with van der Waals surface area (Å²) in [6.45, 7) is 2.66. The summed E-state index contributed by atoms with van der Waals surface area (Å²) in [7, 11) is 1.96. The van der Waals surface area contributed by atoms with E-state index in [1.165, 1.54) is 0 Å². The first-order valence-electron chi connectivity index (χ1n) is 7.11. The number of ketones is 1. The third kappa shape index (κ3) is 2.95. The number of fused-ring (bicyclic) bond motifs is 1. The van der Waals surface area contributed by atoms with Crippen LogP contribution in [0.15, 0.2) is 42.6 Å². The Bertz CT molecular complexity index is 808. The summed E-state index contributed by atoms with van der Waals surface area (Å²) in [5, 5.41) is 0.979. The molecule has 0 saturated carbocycles. The number of nitrogens with zero attached hydrogens (tertiary/aromatic N) is 1. The number of carbonyl (C=O) groups is 1. The number of likely N-dealkylation sites (N-methyl/N-ethyl adjacent to an activating group) is 1. The average Bonchev–Trinajstić information content (AvgIpc) is 3.12. The van der Waals surface area contributed by atoms with Crippen LogP contribution in [-0.2, 0) is 6.54 Å². The Morgan fingerprint density at radius 3 is 2.82 bits per heavy atom. The molecule has 0 saturated heterocycles. The fourth-order valence-electron chi connectivity index (χ4n) is 2.52. The summed E-state index contributed by atoms with van der Waals surface area (Å²) >= 11 is 7.51. The SMILES string of the molecule is CC(C(=O)c1c[nH]c2ccccc12)N(C)Cc1ccc(Cl)s1. The van der Waals surface area contributed by atoms with Gasteiger partial charge in [-0.05, 0) is 32.2 Å². The van der Waals surface area contributed by atoms with E-state index >= 15 is 0 Å². The molecule has 1 atom stereocenters. The highest BCUT2D eigenvalue weighted by molar-refractivity contribution is 7.16. The maximum Gasteiger partial charge on any atom is 0.181 e. The zero-order chi connectivity index (χ0) is 15.7. The molecule has 0 aliphatic heterocycles. The van der Waals surface area contributed by atoms with Crippen LogP contribution in [0.1, 0.15) is 22.2 Å². The standard InChI is InChI=1S/C17H17ClN2OS/c1-11(20(2)10-12-7-8-16(18)22-12)17(21)14-9-19-15-6-4-3-5-13(14)15/h3-9,11,19H,10H2,1-2H3. The molecule has 0 amide bonds. The molecule has 1 N–H and O–H groups in total. The van der Waals surface area contributed by atoms with Crippen molar-refractivity contribution in [2.45, 2.75) is 19.5 Å². The number of nitrogens with one attached hydrogen (secondary N) is 1. The first-order valence-corrected chi connectivity index (χ1v) is 8.30. The molecule has 22 heavy (non-hydrogen) atoms. The van der Waals surface area contributed by atoms with E-state index in [1.54, 1.807) is 17.5 Å². The quantitative estimate of drug-likeness (QED) is 0.694. The normalized spacial score (nSPS) is 12.9. The van der Waals surface area contributed by atoms with E-state index < -0.39 is 0 Å². The van der Waals surface area contributed by atoms with Gasteiger partial charge in [-0.2, -0.15) is 0 Å². The zero-order valence-corrected chi connectivity index (χ0v) is 14.0. The van der Waals surface area contributed by atoms with E-state index in [-0.39, 0.29) is 11.8 Å². The number of halogens is 1. The number of H-pyrrole nitrogens is 1. The van der Waals surface area contributed by atoms with Crippen molar-refractivity contribution in [2.75, 3.05) is 7.05 Å². The van der Waals surface area contributed by atoms with Gasteiger partial charge in [0.2, 0.25) is 0 Å². The van der Waals surface area contributed by atoms with E-state index in [4.69, 9.17) is 11.6 Å². The lowest BCUT2D eigenvalue weighted by molar-refractivity contribution is 0.0865. The molecule has 2 aromatic heterocycles. The second-order valence-corrected chi connectivity index (χ2v) is 7.21. The van der Waals surface area contributed by atoms with Gasteiger partial charge in [-0.3, -0.25) is 9.69 Å².